The summed E-state index contributed by atoms with van der Waals surface area (Å²) >= 11 is 0. The third-order valence-electron chi connectivity index (χ3n) is 4.78. The van der Waals surface area contributed by atoms with Gasteiger partial charge in [-0.25, -0.2) is 0 Å². The molecule has 0 saturated carbocycles. The summed E-state index contributed by atoms with van der Waals surface area (Å²) in [5.74, 6) is 0.749. The Kier molecular flexibility index (Phi) is 7.28. The number of carbonyl (C=O) groups excluding carboxylic acids is 1. The predicted molar refractivity (Wildman–Crippen MR) is 111 cm³/mol. The lowest BCUT2D eigenvalue weighted by Gasteiger charge is -2.26. The monoisotopic (exact) mass is 383 g/mol. The van der Waals surface area contributed by atoms with Crippen molar-refractivity contribution in [3.63, 3.8) is 0 Å². The molecular weight excluding hydrogens is 354 g/mol. The van der Waals surface area contributed by atoms with Crippen LogP contribution in [0.1, 0.15) is 15.9 Å². The number of ether oxygens (including phenoxy) is 2. The van der Waals surface area contributed by atoms with Gasteiger partial charge in [0.25, 0.3) is 5.91 Å². The Labute approximate surface area is 167 Å². The Bertz CT molecular complexity index is 756. The van der Waals surface area contributed by atoms with Gasteiger partial charge in [-0.2, -0.15) is 0 Å². The van der Waals surface area contributed by atoms with Crippen LogP contribution in [-0.4, -0.2) is 64.4 Å². The van der Waals surface area contributed by atoms with E-state index in [1.165, 1.54) is 0 Å². The molecule has 0 aromatic heterocycles. The van der Waals surface area contributed by atoms with E-state index in [4.69, 9.17) is 9.47 Å². The van der Waals surface area contributed by atoms with Crippen LogP contribution in [0.2, 0.25) is 0 Å². The summed E-state index contributed by atoms with van der Waals surface area (Å²) in [6, 6.07) is 15.4. The van der Waals surface area contributed by atoms with Crippen molar-refractivity contribution in [2.24, 2.45) is 0 Å². The molecular formula is C22H29N3O3. The Morgan fingerprint density at radius 2 is 1.89 bits per heavy atom. The van der Waals surface area contributed by atoms with Gasteiger partial charge >= 0.3 is 0 Å². The number of morpholine rings is 1. The number of nitrogens with zero attached hydrogens (tertiary/aromatic N) is 2. The van der Waals surface area contributed by atoms with Crippen LogP contribution < -0.4 is 15.0 Å². The molecule has 28 heavy (non-hydrogen) atoms. The molecule has 0 spiro atoms. The highest BCUT2D eigenvalue weighted by atomic mass is 16.5. The van der Waals surface area contributed by atoms with E-state index in [2.05, 4.69) is 10.2 Å². The average molecular weight is 383 g/mol. The summed E-state index contributed by atoms with van der Waals surface area (Å²) in [6.07, 6.45) is 0. The molecule has 6 heteroatoms. The van der Waals surface area contributed by atoms with Crippen LogP contribution in [0.5, 0.6) is 5.75 Å². The summed E-state index contributed by atoms with van der Waals surface area (Å²) in [5, 5.41) is 2.97. The fourth-order valence-corrected chi connectivity index (χ4v) is 3.06. The van der Waals surface area contributed by atoms with Crippen molar-refractivity contribution in [1.82, 2.24) is 10.2 Å². The summed E-state index contributed by atoms with van der Waals surface area (Å²) in [7, 11) is 3.95. The Morgan fingerprint density at radius 3 is 2.61 bits per heavy atom. The van der Waals surface area contributed by atoms with Gasteiger partial charge < -0.3 is 19.7 Å². The van der Waals surface area contributed by atoms with Gasteiger partial charge in [0, 0.05) is 51.5 Å². The van der Waals surface area contributed by atoms with Gasteiger partial charge in [0.05, 0.1) is 13.2 Å². The largest absolute Gasteiger partial charge is 0.492 e. The van der Waals surface area contributed by atoms with Crippen LogP contribution in [0, 0.1) is 0 Å². The maximum absolute atomic E-state index is 12.4. The molecule has 0 radical (unpaired) electrons. The minimum Gasteiger partial charge on any atom is -0.492 e. The molecule has 1 heterocycles. The van der Waals surface area contributed by atoms with Crippen molar-refractivity contribution in [3.05, 3.63) is 59.7 Å². The van der Waals surface area contributed by atoms with Gasteiger partial charge in [-0.1, -0.05) is 12.1 Å². The molecule has 0 atom stereocenters. The maximum atomic E-state index is 12.4. The molecule has 150 valence electrons. The van der Waals surface area contributed by atoms with E-state index in [-0.39, 0.29) is 5.91 Å². The van der Waals surface area contributed by atoms with Crippen LogP contribution in [0.15, 0.2) is 48.5 Å². The topological polar surface area (TPSA) is 54.0 Å². The second-order valence-corrected chi connectivity index (χ2v) is 7.07. The molecule has 2 aromatic carbocycles. The lowest BCUT2D eigenvalue weighted by atomic mass is 10.1. The second kappa shape index (κ2) is 10.1. The van der Waals surface area contributed by atoms with Gasteiger partial charge in [0.1, 0.15) is 12.4 Å². The quantitative estimate of drug-likeness (QED) is 0.759. The standard InChI is InChI=1S/C22H29N3O3/c1-24(2)20-8-6-19(7-9-20)22(26)23-17-18-4-3-5-21(16-18)28-15-12-25-10-13-27-14-11-25/h3-9,16H,10-15,17H2,1-2H3,(H,23,26). The molecule has 2 aromatic rings. The van der Waals surface area contributed by atoms with Crippen LogP contribution in [0.4, 0.5) is 5.69 Å². The maximum Gasteiger partial charge on any atom is 0.251 e. The molecule has 1 N–H and O–H groups in total. The Morgan fingerprint density at radius 1 is 1.14 bits per heavy atom. The van der Waals surface area contributed by atoms with Gasteiger partial charge in [-0.05, 0) is 42.0 Å². The summed E-state index contributed by atoms with van der Waals surface area (Å²) in [6.45, 7) is 5.53. The van der Waals surface area contributed by atoms with Crippen molar-refractivity contribution < 1.29 is 14.3 Å². The number of amides is 1. The first kappa shape index (κ1) is 20.2. The number of nitrogens with one attached hydrogen (secondary N) is 1. The Hall–Kier alpha value is -2.57. The molecule has 0 aliphatic carbocycles. The zero-order chi connectivity index (χ0) is 19.8. The van der Waals surface area contributed by atoms with Crippen molar-refractivity contribution in [2.45, 2.75) is 6.54 Å². The molecule has 1 aliphatic heterocycles. The van der Waals surface area contributed by atoms with Crippen LogP contribution in [0.25, 0.3) is 0 Å². The fourth-order valence-electron chi connectivity index (χ4n) is 3.06. The SMILES string of the molecule is CN(C)c1ccc(C(=O)NCc2cccc(OCCN3CCOCC3)c2)cc1. The number of hydrogen-bond donors (Lipinski definition) is 1. The van der Waals surface area contributed by atoms with E-state index in [1.54, 1.807) is 0 Å². The van der Waals surface area contributed by atoms with Crippen LogP contribution in [-0.2, 0) is 11.3 Å². The number of rotatable bonds is 8. The van der Waals surface area contributed by atoms with E-state index in [9.17, 15) is 4.79 Å². The highest BCUT2D eigenvalue weighted by Crippen LogP contribution is 2.15. The second-order valence-electron chi connectivity index (χ2n) is 7.07. The molecule has 1 aliphatic rings. The average Bonchev–Trinajstić information content (AvgIpc) is 2.73. The van der Waals surface area contributed by atoms with Crippen molar-refractivity contribution in [1.29, 1.82) is 0 Å². The number of carbonyl (C=O) groups is 1. The molecule has 6 nitrogen and oxygen atoms in total. The smallest absolute Gasteiger partial charge is 0.251 e. The minimum atomic E-state index is -0.0797. The van der Waals surface area contributed by atoms with E-state index < -0.39 is 0 Å². The van der Waals surface area contributed by atoms with Crippen molar-refractivity contribution >= 4 is 11.6 Å². The van der Waals surface area contributed by atoms with Crippen LogP contribution in [0.3, 0.4) is 0 Å². The first-order valence-electron chi connectivity index (χ1n) is 9.69. The van der Waals surface area contributed by atoms with Gasteiger partial charge in [-0.15, -0.1) is 0 Å². The third kappa shape index (κ3) is 5.97. The molecule has 3 rings (SSSR count). The molecule has 1 saturated heterocycles. The molecule has 0 unspecified atom stereocenters. The molecule has 0 bridgehead atoms. The number of benzene rings is 2. The first-order valence-corrected chi connectivity index (χ1v) is 9.69. The first-order chi connectivity index (χ1) is 13.6. The van der Waals surface area contributed by atoms with E-state index >= 15 is 0 Å². The lowest BCUT2D eigenvalue weighted by Crippen LogP contribution is -2.38. The molecule has 1 amide bonds. The summed E-state index contributed by atoms with van der Waals surface area (Å²) in [5.41, 5.74) is 2.74. The van der Waals surface area contributed by atoms with Gasteiger partial charge in [0.15, 0.2) is 0 Å². The number of hydrogen-bond acceptors (Lipinski definition) is 5. The fraction of sp³-hybridized carbons (Fsp3) is 0.409. The predicted octanol–water partition coefficient (Wildman–Crippen LogP) is 2.39. The summed E-state index contributed by atoms with van der Waals surface area (Å²) < 4.78 is 11.2. The summed E-state index contributed by atoms with van der Waals surface area (Å²) in [4.78, 5) is 16.7. The lowest BCUT2D eigenvalue weighted by molar-refractivity contribution is 0.0322. The van der Waals surface area contributed by atoms with E-state index in [0.29, 0.717) is 18.7 Å². The van der Waals surface area contributed by atoms with Crippen molar-refractivity contribution in [3.8, 4) is 5.75 Å². The normalized spacial score (nSPS) is 14.5. The molecule has 1 fully saturated rings. The zero-order valence-electron chi connectivity index (χ0n) is 16.7. The zero-order valence-corrected chi connectivity index (χ0v) is 16.7. The highest BCUT2D eigenvalue weighted by molar-refractivity contribution is 5.94. The minimum absolute atomic E-state index is 0.0797. The Balaban J connectivity index is 1.46. The highest BCUT2D eigenvalue weighted by Gasteiger charge is 2.10. The van der Waals surface area contributed by atoms with Crippen molar-refractivity contribution in [2.75, 3.05) is 58.5 Å². The van der Waals surface area contributed by atoms with Crippen LogP contribution >= 0.6 is 0 Å². The van der Waals surface area contributed by atoms with Gasteiger partial charge in [0.2, 0.25) is 0 Å². The van der Waals surface area contributed by atoms with E-state index in [0.717, 1.165) is 49.8 Å². The van der Waals surface area contributed by atoms with E-state index in [1.807, 2.05) is 67.5 Å². The number of anilines is 1. The third-order valence-corrected chi connectivity index (χ3v) is 4.78. The van der Waals surface area contributed by atoms with Gasteiger partial charge in [-0.3, -0.25) is 9.69 Å².